The molecule has 2 aromatic heterocycles. The van der Waals surface area contributed by atoms with E-state index in [1.807, 2.05) is 25.1 Å². The van der Waals surface area contributed by atoms with Crippen molar-refractivity contribution in [3.63, 3.8) is 0 Å². The molecule has 0 unspecified atom stereocenters. The number of fused-ring (bicyclic) bond motifs is 1. The molecule has 1 N–H and O–H groups in total. The zero-order valence-electron chi connectivity index (χ0n) is 10.4. The summed E-state index contributed by atoms with van der Waals surface area (Å²) in [5.74, 6) is 0.786. The summed E-state index contributed by atoms with van der Waals surface area (Å²) in [5, 5.41) is 3.40. The lowest BCUT2D eigenvalue weighted by atomic mass is 10.3. The fourth-order valence-electron chi connectivity index (χ4n) is 1.87. The van der Waals surface area contributed by atoms with Crippen molar-refractivity contribution < 1.29 is 4.42 Å². The Morgan fingerprint density at radius 1 is 1.32 bits per heavy atom. The van der Waals surface area contributed by atoms with Gasteiger partial charge >= 0.3 is 0 Å². The monoisotopic (exact) mass is 336 g/mol. The molecule has 0 radical (unpaired) electrons. The number of rotatable bonds is 4. The van der Waals surface area contributed by atoms with Gasteiger partial charge in [-0.05, 0) is 46.3 Å². The van der Waals surface area contributed by atoms with Crippen LogP contribution in [-0.4, -0.2) is 4.98 Å². The van der Waals surface area contributed by atoms with Crippen molar-refractivity contribution in [2.45, 2.75) is 19.9 Å². The lowest BCUT2D eigenvalue weighted by molar-refractivity contribution is 0.538. The van der Waals surface area contributed by atoms with Crippen molar-refractivity contribution >= 4 is 44.1 Å². The molecule has 3 rings (SSSR count). The van der Waals surface area contributed by atoms with Crippen LogP contribution in [0.25, 0.3) is 11.1 Å². The molecule has 2 heterocycles. The van der Waals surface area contributed by atoms with Gasteiger partial charge in [-0.2, -0.15) is 0 Å². The first-order chi connectivity index (χ1) is 9.24. The van der Waals surface area contributed by atoms with Crippen molar-refractivity contribution in [2.75, 3.05) is 5.32 Å². The number of benzene rings is 1. The van der Waals surface area contributed by atoms with E-state index < -0.39 is 0 Å². The van der Waals surface area contributed by atoms with Crippen LogP contribution in [0.15, 0.2) is 38.5 Å². The minimum Gasteiger partial charge on any atom is -0.441 e. The largest absolute Gasteiger partial charge is 0.441 e. The molecule has 3 nitrogen and oxygen atoms in total. The van der Waals surface area contributed by atoms with Crippen LogP contribution in [0.1, 0.15) is 17.7 Å². The van der Waals surface area contributed by atoms with Crippen LogP contribution in [-0.2, 0) is 13.0 Å². The molecule has 98 valence electrons. The highest BCUT2D eigenvalue weighted by Crippen LogP contribution is 2.24. The Hall–Kier alpha value is -1.33. The number of halogens is 1. The maximum absolute atomic E-state index is 5.60. The first-order valence-corrected chi connectivity index (χ1v) is 7.73. The smallest absolute Gasteiger partial charge is 0.195 e. The lowest BCUT2D eigenvalue weighted by Crippen LogP contribution is -1.96. The van der Waals surface area contributed by atoms with E-state index in [-0.39, 0.29) is 0 Å². The predicted molar refractivity (Wildman–Crippen MR) is 82.7 cm³/mol. The average Bonchev–Trinajstić information content (AvgIpc) is 3.01. The molecule has 0 saturated heterocycles. The summed E-state index contributed by atoms with van der Waals surface area (Å²) in [5.41, 5.74) is 2.82. The van der Waals surface area contributed by atoms with Gasteiger partial charge in [0.15, 0.2) is 11.5 Å². The summed E-state index contributed by atoms with van der Waals surface area (Å²) in [7, 11) is 0. The molecule has 0 saturated carbocycles. The van der Waals surface area contributed by atoms with E-state index in [1.54, 1.807) is 11.3 Å². The first kappa shape index (κ1) is 12.7. The van der Waals surface area contributed by atoms with E-state index in [2.05, 4.69) is 38.4 Å². The van der Waals surface area contributed by atoms with Gasteiger partial charge in [-0.1, -0.05) is 6.92 Å². The third-order valence-corrected chi connectivity index (χ3v) is 4.45. The van der Waals surface area contributed by atoms with E-state index in [0.717, 1.165) is 39.4 Å². The topological polar surface area (TPSA) is 38.1 Å². The van der Waals surface area contributed by atoms with Gasteiger partial charge < -0.3 is 9.73 Å². The van der Waals surface area contributed by atoms with Crippen molar-refractivity contribution in [3.05, 3.63) is 44.9 Å². The van der Waals surface area contributed by atoms with Crippen molar-refractivity contribution in [1.82, 2.24) is 4.98 Å². The number of aromatic nitrogens is 1. The summed E-state index contributed by atoms with van der Waals surface area (Å²) in [6, 6.07) is 10.2. The van der Waals surface area contributed by atoms with Crippen LogP contribution in [0.5, 0.6) is 0 Å². The third kappa shape index (κ3) is 2.82. The SMILES string of the molecule is CCc1nc2cc(NCc3ccc(Br)s3)ccc2o1. The number of hydrogen-bond acceptors (Lipinski definition) is 4. The standard InChI is InChI=1S/C14H13BrN2OS/c1-2-14-17-11-7-9(3-5-12(11)18-14)16-8-10-4-6-13(15)19-10/h3-7,16H,2,8H2,1H3. The van der Waals surface area contributed by atoms with E-state index in [4.69, 9.17) is 4.42 Å². The van der Waals surface area contributed by atoms with Crippen LogP contribution in [0, 0.1) is 0 Å². The number of hydrogen-bond donors (Lipinski definition) is 1. The number of oxazole rings is 1. The van der Waals surface area contributed by atoms with Gasteiger partial charge in [0.2, 0.25) is 0 Å². The maximum Gasteiger partial charge on any atom is 0.195 e. The highest BCUT2D eigenvalue weighted by atomic mass is 79.9. The average molecular weight is 337 g/mol. The normalized spacial score (nSPS) is 11.1. The molecule has 3 aromatic rings. The van der Waals surface area contributed by atoms with Crippen LogP contribution >= 0.6 is 27.3 Å². The molecule has 0 aliphatic carbocycles. The summed E-state index contributed by atoms with van der Waals surface area (Å²) < 4.78 is 6.75. The van der Waals surface area contributed by atoms with Gasteiger partial charge in [0.05, 0.1) is 3.79 Å². The molecule has 0 atom stereocenters. The number of nitrogens with zero attached hydrogens (tertiary/aromatic N) is 1. The zero-order chi connectivity index (χ0) is 13.2. The second-order valence-corrected chi connectivity index (χ2v) is 6.75. The Morgan fingerprint density at radius 3 is 2.95 bits per heavy atom. The van der Waals surface area contributed by atoms with E-state index in [9.17, 15) is 0 Å². The predicted octanol–water partition coefficient (Wildman–Crippen LogP) is 4.83. The van der Waals surface area contributed by atoms with Crippen LogP contribution < -0.4 is 5.32 Å². The highest BCUT2D eigenvalue weighted by molar-refractivity contribution is 9.11. The van der Waals surface area contributed by atoms with Crippen molar-refractivity contribution in [3.8, 4) is 0 Å². The van der Waals surface area contributed by atoms with Crippen LogP contribution in [0.2, 0.25) is 0 Å². The summed E-state index contributed by atoms with van der Waals surface area (Å²) in [4.78, 5) is 5.73. The molecular weight excluding hydrogens is 324 g/mol. The Kier molecular flexibility index (Phi) is 3.57. The van der Waals surface area contributed by atoms with Crippen LogP contribution in [0.3, 0.4) is 0 Å². The summed E-state index contributed by atoms with van der Waals surface area (Å²) >= 11 is 5.21. The Morgan fingerprint density at radius 2 is 2.21 bits per heavy atom. The van der Waals surface area contributed by atoms with E-state index in [1.165, 1.54) is 4.88 Å². The third-order valence-electron chi connectivity index (χ3n) is 2.83. The van der Waals surface area contributed by atoms with Gasteiger partial charge in [-0.3, -0.25) is 0 Å². The highest BCUT2D eigenvalue weighted by Gasteiger charge is 2.05. The Balaban J connectivity index is 1.77. The summed E-state index contributed by atoms with van der Waals surface area (Å²) in [6.45, 7) is 2.86. The second-order valence-electron chi connectivity index (χ2n) is 4.20. The molecule has 0 bridgehead atoms. The molecule has 0 aliphatic rings. The number of nitrogens with one attached hydrogen (secondary N) is 1. The zero-order valence-corrected chi connectivity index (χ0v) is 12.8. The summed E-state index contributed by atoms with van der Waals surface area (Å²) in [6.07, 6.45) is 0.820. The van der Waals surface area contributed by atoms with Crippen molar-refractivity contribution in [1.29, 1.82) is 0 Å². The maximum atomic E-state index is 5.60. The minimum absolute atomic E-state index is 0.786. The molecule has 0 amide bonds. The van der Waals surface area contributed by atoms with Crippen LogP contribution in [0.4, 0.5) is 5.69 Å². The fourth-order valence-corrected chi connectivity index (χ4v) is 3.30. The van der Waals surface area contributed by atoms with E-state index in [0.29, 0.717) is 0 Å². The molecular formula is C14H13BrN2OS. The van der Waals surface area contributed by atoms with Gasteiger partial charge in [0.1, 0.15) is 5.52 Å². The molecule has 19 heavy (non-hydrogen) atoms. The quantitative estimate of drug-likeness (QED) is 0.741. The molecule has 5 heteroatoms. The van der Waals surface area contributed by atoms with Gasteiger partial charge in [-0.15, -0.1) is 11.3 Å². The Bertz CT molecular complexity index is 704. The molecule has 0 aliphatic heterocycles. The number of aryl methyl sites for hydroxylation is 1. The first-order valence-electron chi connectivity index (χ1n) is 6.12. The lowest BCUT2D eigenvalue weighted by Gasteiger charge is -2.03. The van der Waals surface area contributed by atoms with Crippen molar-refractivity contribution in [2.24, 2.45) is 0 Å². The van der Waals surface area contributed by atoms with E-state index >= 15 is 0 Å². The fraction of sp³-hybridized carbons (Fsp3) is 0.214. The number of thiophene rings is 1. The minimum atomic E-state index is 0.786. The number of anilines is 1. The van der Waals surface area contributed by atoms with Gasteiger partial charge in [0, 0.05) is 23.5 Å². The molecule has 0 spiro atoms. The Labute approximate surface area is 123 Å². The van der Waals surface area contributed by atoms with Gasteiger partial charge in [-0.25, -0.2) is 4.98 Å². The second kappa shape index (κ2) is 5.35. The molecule has 0 fully saturated rings. The van der Waals surface area contributed by atoms with Gasteiger partial charge in [0.25, 0.3) is 0 Å². The molecule has 1 aromatic carbocycles.